The molecule has 0 bridgehead atoms. The third-order valence-corrected chi connectivity index (χ3v) is 6.05. The van der Waals surface area contributed by atoms with Crippen LogP contribution in [0.4, 0.5) is 4.79 Å². The lowest BCUT2D eigenvalue weighted by Crippen LogP contribution is -2.54. The van der Waals surface area contributed by atoms with Crippen LogP contribution < -0.4 is 9.47 Å². The highest BCUT2D eigenvalue weighted by molar-refractivity contribution is 7.89. The van der Waals surface area contributed by atoms with Crippen LogP contribution in [0.15, 0.2) is 23.1 Å². The molecule has 0 spiro atoms. The lowest BCUT2D eigenvalue weighted by Gasteiger charge is -2.39. The van der Waals surface area contributed by atoms with Crippen LogP contribution in [0.25, 0.3) is 0 Å². The minimum absolute atomic E-state index is 0.0180. The number of nitrogens with zero attached hydrogens (tertiary/aromatic N) is 2. The van der Waals surface area contributed by atoms with Crippen LogP contribution in [0.1, 0.15) is 0 Å². The van der Waals surface area contributed by atoms with Gasteiger partial charge in [-0.05, 0) is 12.1 Å². The third-order valence-electron chi connectivity index (χ3n) is 4.19. The average Bonchev–Trinajstić information content (AvgIpc) is 2.88. The van der Waals surface area contributed by atoms with Crippen LogP contribution >= 0.6 is 0 Å². The van der Waals surface area contributed by atoms with Gasteiger partial charge in [-0.3, -0.25) is 4.79 Å². The van der Waals surface area contributed by atoms with Gasteiger partial charge in [-0.25, -0.2) is 18.1 Å². The fourth-order valence-corrected chi connectivity index (χ4v) is 4.54. The molecule has 3 rings (SSSR count). The minimum atomic E-state index is -3.76. The first kappa shape index (κ1) is 17.5. The van der Waals surface area contributed by atoms with Crippen molar-refractivity contribution in [2.75, 3.05) is 40.5 Å². The Morgan fingerprint density at radius 3 is 2.48 bits per heavy atom. The van der Waals surface area contributed by atoms with Crippen molar-refractivity contribution in [3.63, 3.8) is 0 Å². The fourth-order valence-electron chi connectivity index (χ4n) is 2.77. The van der Waals surface area contributed by atoms with Crippen molar-refractivity contribution in [1.29, 1.82) is 0 Å². The summed E-state index contributed by atoms with van der Waals surface area (Å²) in [5.74, 6) is 0.103. The fraction of sp³-hybridized carbons (Fsp3) is 0.467. The van der Waals surface area contributed by atoms with E-state index in [0.717, 1.165) is 4.90 Å². The standard InChI is InChI=1S/C15H18N2O7S/c1-22-11-3-4-12(23-2)13(5-11)25(20,21)16-6-10(7-16)8-17-14(18)9-24-15(17)19/h3-5,10H,6-9H2,1-2H3. The van der Waals surface area contributed by atoms with E-state index in [2.05, 4.69) is 4.74 Å². The van der Waals surface area contributed by atoms with Crippen LogP contribution in [0, 0.1) is 5.92 Å². The highest BCUT2D eigenvalue weighted by atomic mass is 32.2. The molecule has 1 aromatic carbocycles. The molecule has 25 heavy (non-hydrogen) atoms. The number of hydrogen-bond acceptors (Lipinski definition) is 7. The molecule has 0 N–H and O–H groups in total. The summed E-state index contributed by atoms with van der Waals surface area (Å²) in [6.45, 7) is 0.313. The molecule has 2 heterocycles. The molecule has 2 fully saturated rings. The first-order valence-corrected chi connectivity index (χ1v) is 9.00. The van der Waals surface area contributed by atoms with Gasteiger partial charge in [0.1, 0.15) is 16.4 Å². The maximum Gasteiger partial charge on any atom is 0.417 e. The number of carbonyl (C=O) groups excluding carboxylic acids is 2. The van der Waals surface area contributed by atoms with Crippen molar-refractivity contribution in [1.82, 2.24) is 9.21 Å². The maximum absolute atomic E-state index is 12.8. The summed E-state index contributed by atoms with van der Waals surface area (Å²) < 4.78 is 41.7. The Morgan fingerprint density at radius 2 is 1.92 bits per heavy atom. The smallest absolute Gasteiger partial charge is 0.417 e. The second-order valence-electron chi connectivity index (χ2n) is 5.76. The number of ether oxygens (including phenoxy) is 3. The van der Waals surface area contributed by atoms with Gasteiger partial charge in [0.25, 0.3) is 5.91 Å². The van der Waals surface area contributed by atoms with Crippen LogP contribution in [0.2, 0.25) is 0 Å². The van der Waals surface area contributed by atoms with Gasteiger partial charge in [0.2, 0.25) is 10.0 Å². The zero-order valence-corrected chi connectivity index (χ0v) is 14.6. The summed E-state index contributed by atoms with van der Waals surface area (Å²) in [6, 6.07) is 4.55. The molecule has 0 aliphatic carbocycles. The Labute approximate surface area is 145 Å². The number of cyclic esters (lactones) is 1. The Balaban J connectivity index is 1.71. The van der Waals surface area contributed by atoms with Gasteiger partial charge in [0.05, 0.1) is 14.2 Å². The number of imide groups is 1. The van der Waals surface area contributed by atoms with Gasteiger partial charge in [-0.1, -0.05) is 0 Å². The summed E-state index contributed by atoms with van der Waals surface area (Å²) in [6.07, 6.45) is -0.680. The van der Waals surface area contributed by atoms with E-state index in [1.54, 1.807) is 6.07 Å². The lowest BCUT2D eigenvalue weighted by atomic mass is 10.0. The summed E-state index contributed by atoms with van der Waals surface area (Å²) in [7, 11) is -0.921. The Bertz CT molecular complexity index is 786. The lowest BCUT2D eigenvalue weighted by molar-refractivity contribution is -0.126. The molecule has 0 unspecified atom stereocenters. The van der Waals surface area contributed by atoms with Gasteiger partial charge in [-0.15, -0.1) is 0 Å². The van der Waals surface area contributed by atoms with Gasteiger partial charge in [0.15, 0.2) is 6.61 Å². The van der Waals surface area contributed by atoms with Crippen molar-refractivity contribution >= 4 is 22.0 Å². The van der Waals surface area contributed by atoms with Gasteiger partial charge >= 0.3 is 6.09 Å². The van der Waals surface area contributed by atoms with Crippen molar-refractivity contribution in [2.45, 2.75) is 4.90 Å². The van der Waals surface area contributed by atoms with Crippen molar-refractivity contribution in [3.8, 4) is 11.5 Å². The van der Waals surface area contributed by atoms with Crippen molar-refractivity contribution < 1.29 is 32.2 Å². The Hall–Kier alpha value is -2.33. The number of hydrogen-bond donors (Lipinski definition) is 0. The molecule has 2 aliphatic heterocycles. The van der Waals surface area contributed by atoms with E-state index in [9.17, 15) is 18.0 Å². The average molecular weight is 370 g/mol. The number of benzene rings is 1. The molecular formula is C15H18N2O7S. The molecule has 0 aromatic heterocycles. The first-order valence-electron chi connectivity index (χ1n) is 7.56. The third kappa shape index (κ3) is 3.14. The molecule has 1 aromatic rings. The quantitative estimate of drug-likeness (QED) is 0.710. The predicted octanol–water partition coefficient (Wildman–Crippen LogP) is 0.303. The number of methoxy groups -OCH3 is 2. The van der Waals surface area contributed by atoms with E-state index in [1.165, 1.54) is 30.7 Å². The predicted molar refractivity (Wildman–Crippen MR) is 84.9 cm³/mol. The molecule has 9 nitrogen and oxygen atoms in total. The molecule has 0 radical (unpaired) electrons. The normalized spacial score (nSPS) is 18.9. The molecule has 0 atom stereocenters. The largest absolute Gasteiger partial charge is 0.497 e. The van der Waals surface area contributed by atoms with Crippen molar-refractivity contribution in [3.05, 3.63) is 18.2 Å². The topological polar surface area (TPSA) is 102 Å². The number of carbonyl (C=O) groups is 2. The second kappa shape index (κ2) is 6.52. The molecule has 0 saturated carbocycles. The van der Waals surface area contributed by atoms with E-state index in [-0.39, 0.29) is 42.8 Å². The summed E-state index contributed by atoms with van der Waals surface area (Å²) >= 11 is 0. The number of sulfonamides is 1. The monoisotopic (exact) mass is 370 g/mol. The zero-order chi connectivity index (χ0) is 18.2. The van der Waals surface area contributed by atoms with Gasteiger partial charge in [-0.2, -0.15) is 4.31 Å². The van der Waals surface area contributed by atoms with Gasteiger partial charge in [0, 0.05) is 31.6 Å². The maximum atomic E-state index is 12.8. The zero-order valence-electron chi connectivity index (χ0n) is 13.8. The summed E-state index contributed by atoms with van der Waals surface area (Å²) in [5.41, 5.74) is 0. The minimum Gasteiger partial charge on any atom is -0.497 e. The first-order chi connectivity index (χ1) is 11.9. The van der Waals surface area contributed by atoms with Crippen LogP contribution in [-0.2, 0) is 19.6 Å². The summed E-state index contributed by atoms with van der Waals surface area (Å²) in [4.78, 5) is 24.0. The Kier molecular flexibility index (Phi) is 4.56. The van der Waals surface area contributed by atoms with Crippen molar-refractivity contribution in [2.24, 2.45) is 5.92 Å². The Morgan fingerprint density at radius 1 is 1.20 bits per heavy atom. The highest BCUT2D eigenvalue weighted by Crippen LogP contribution is 2.34. The molecule has 2 saturated heterocycles. The molecule has 136 valence electrons. The van der Waals surface area contributed by atoms with Crippen LogP contribution in [0.5, 0.6) is 11.5 Å². The van der Waals surface area contributed by atoms with Crippen LogP contribution in [-0.4, -0.2) is 70.1 Å². The van der Waals surface area contributed by atoms with Crippen LogP contribution in [0.3, 0.4) is 0 Å². The molecule has 10 heteroatoms. The van der Waals surface area contributed by atoms with E-state index >= 15 is 0 Å². The molecule has 2 amide bonds. The highest BCUT2D eigenvalue weighted by Gasteiger charge is 2.42. The number of amides is 2. The van der Waals surface area contributed by atoms with Gasteiger partial charge < -0.3 is 14.2 Å². The van der Waals surface area contributed by atoms with E-state index in [0.29, 0.717) is 5.75 Å². The summed E-state index contributed by atoms with van der Waals surface area (Å²) in [5, 5.41) is 0. The van der Waals surface area contributed by atoms with E-state index < -0.39 is 22.0 Å². The molecular weight excluding hydrogens is 352 g/mol. The SMILES string of the molecule is COc1ccc(OC)c(S(=O)(=O)N2CC(CN3C(=O)COC3=O)C2)c1. The van der Waals surface area contributed by atoms with E-state index in [1.807, 2.05) is 0 Å². The molecule has 2 aliphatic rings. The number of rotatable bonds is 6. The second-order valence-corrected chi connectivity index (χ2v) is 7.67. The van der Waals surface area contributed by atoms with E-state index in [4.69, 9.17) is 9.47 Å².